The first kappa shape index (κ1) is 11.2. The van der Waals surface area contributed by atoms with Gasteiger partial charge in [-0.1, -0.05) is 12.1 Å². The Morgan fingerprint density at radius 3 is 2.69 bits per heavy atom. The molecule has 2 rings (SSSR count). The molecule has 16 heavy (non-hydrogen) atoms. The number of rotatable bonds is 4. The normalized spacial score (nSPS) is 10.4. The second-order valence-electron chi connectivity index (χ2n) is 3.80. The molecule has 0 amide bonds. The molecule has 2 aromatic rings. The van der Waals surface area contributed by atoms with E-state index < -0.39 is 0 Å². The van der Waals surface area contributed by atoms with Crippen molar-refractivity contribution in [1.82, 2.24) is 0 Å². The molecule has 1 aromatic carbocycles. The summed E-state index contributed by atoms with van der Waals surface area (Å²) in [4.78, 5) is 2.56. The third kappa shape index (κ3) is 2.84. The summed E-state index contributed by atoms with van der Waals surface area (Å²) in [5.74, 6) is 0. The standard InChI is InChI=1S/C13H16N2S/c1-10-3-2-4-11(7-10)15-9-13-6-5-12(8-14)16-13/h2-7,15H,8-9,14H2,1H3. The van der Waals surface area contributed by atoms with Crippen LogP contribution in [0.25, 0.3) is 0 Å². The number of anilines is 1. The van der Waals surface area contributed by atoms with Crippen molar-refractivity contribution in [3.8, 4) is 0 Å². The number of thiophene rings is 1. The van der Waals surface area contributed by atoms with E-state index in [1.54, 1.807) is 11.3 Å². The monoisotopic (exact) mass is 232 g/mol. The highest BCUT2D eigenvalue weighted by Crippen LogP contribution is 2.18. The van der Waals surface area contributed by atoms with Crippen LogP contribution in [-0.2, 0) is 13.1 Å². The molecule has 0 unspecified atom stereocenters. The van der Waals surface area contributed by atoms with Crippen LogP contribution < -0.4 is 11.1 Å². The lowest BCUT2D eigenvalue weighted by Crippen LogP contribution is -1.97. The summed E-state index contributed by atoms with van der Waals surface area (Å²) in [5, 5.41) is 3.41. The summed E-state index contributed by atoms with van der Waals surface area (Å²) in [7, 11) is 0. The van der Waals surface area contributed by atoms with Gasteiger partial charge in [0.1, 0.15) is 0 Å². The van der Waals surface area contributed by atoms with Gasteiger partial charge in [0.05, 0.1) is 0 Å². The number of nitrogens with two attached hydrogens (primary N) is 1. The van der Waals surface area contributed by atoms with E-state index in [2.05, 4.69) is 48.6 Å². The molecule has 0 aliphatic rings. The number of hydrogen-bond acceptors (Lipinski definition) is 3. The molecule has 1 heterocycles. The van der Waals surface area contributed by atoms with Crippen molar-refractivity contribution in [1.29, 1.82) is 0 Å². The van der Waals surface area contributed by atoms with Crippen molar-refractivity contribution in [3.63, 3.8) is 0 Å². The Bertz CT molecular complexity index is 462. The van der Waals surface area contributed by atoms with Crippen molar-refractivity contribution < 1.29 is 0 Å². The Hall–Kier alpha value is -1.32. The van der Waals surface area contributed by atoms with Gasteiger partial charge in [-0.2, -0.15) is 0 Å². The molecule has 0 fully saturated rings. The van der Waals surface area contributed by atoms with Gasteiger partial charge in [0.2, 0.25) is 0 Å². The Labute approximate surface area is 100 Å². The minimum atomic E-state index is 0.634. The fourth-order valence-corrected chi connectivity index (χ4v) is 2.41. The van der Waals surface area contributed by atoms with Crippen molar-refractivity contribution in [2.45, 2.75) is 20.0 Å². The number of benzene rings is 1. The molecule has 3 N–H and O–H groups in total. The maximum absolute atomic E-state index is 5.58. The SMILES string of the molecule is Cc1cccc(NCc2ccc(CN)s2)c1. The summed E-state index contributed by atoms with van der Waals surface area (Å²) in [6.45, 7) is 3.60. The molecule has 3 heteroatoms. The van der Waals surface area contributed by atoms with E-state index in [0.29, 0.717) is 6.54 Å². The lowest BCUT2D eigenvalue weighted by Gasteiger charge is -2.05. The average Bonchev–Trinajstić information content (AvgIpc) is 2.74. The molecular weight excluding hydrogens is 216 g/mol. The fourth-order valence-electron chi connectivity index (χ4n) is 1.57. The van der Waals surface area contributed by atoms with Crippen LogP contribution in [0.15, 0.2) is 36.4 Å². The van der Waals surface area contributed by atoms with Crippen molar-refractivity contribution in [3.05, 3.63) is 51.7 Å². The van der Waals surface area contributed by atoms with Crippen LogP contribution in [0, 0.1) is 6.92 Å². The number of nitrogens with one attached hydrogen (secondary N) is 1. The van der Waals surface area contributed by atoms with E-state index in [4.69, 9.17) is 5.73 Å². The van der Waals surface area contributed by atoms with E-state index in [1.807, 2.05) is 0 Å². The molecule has 84 valence electrons. The zero-order valence-corrected chi connectivity index (χ0v) is 10.2. The molecule has 0 saturated carbocycles. The first-order valence-electron chi connectivity index (χ1n) is 5.36. The fraction of sp³-hybridized carbons (Fsp3) is 0.231. The third-order valence-corrected chi connectivity index (χ3v) is 3.51. The summed E-state index contributed by atoms with van der Waals surface area (Å²) in [6, 6.07) is 12.6. The van der Waals surface area contributed by atoms with Gasteiger partial charge in [-0.3, -0.25) is 0 Å². The van der Waals surface area contributed by atoms with Gasteiger partial charge in [0, 0.05) is 28.5 Å². The van der Waals surface area contributed by atoms with E-state index >= 15 is 0 Å². The van der Waals surface area contributed by atoms with Gasteiger partial charge in [-0.15, -0.1) is 11.3 Å². The van der Waals surface area contributed by atoms with Crippen LogP contribution in [0.3, 0.4) is 0 Å². The molecule has 0 aliphatic carbocycles. The molecule has 0 aliphatic heterocycles. The van der Waals surface area contributed by atoms with E-state index in [9.17, 15) is 0 Å². The van der Waals surface area contributed by atoms with Gasteiger partial charge in [-0.25, -0.2) is 0 Å². The quantitative estimate of drug-likeness (QED) is 0.850. The largest absolute Gasteiger partial charge is 0.380 e. The first-order valence-corrected chi connectivity index (χ1v) is 6.18. The highest BCUT2D eigenvalue weighted by atomic mass is 32.1. The zero-order chi connectivity index (χ0) is 11.4. The predicted octanol–water partition coefficient (Wildman–Crippen LogP) is 3.13. The van der Waals surface area contributed by atoms with Gasteiger partial charge in [0.25, 0.3) is 0 Å². The lowest BCUT2D eigenvalue weighted by atomic mass is 10.2. The predicted molar refractivity (Wildman–Crippen MR) is 70.7 cm³/mol. The lowest BCUT2D eigenvalue weighted by molar-refractivity contribution is 1.11. The van der Waals surface area contributed by atoms with Crippen LogP contribution in [0.4, 0.5) is 5.69 Å². The summed E-state index contributed by atoms with van der Waals surface area (Å²) in [5.41, 5.74) is 8.03. The Morgan fingerprint density at radius 1 is 1.19 bits per heavy atom. The van der Waals surface area contributed by atoms with Gasteiger partial charge in [-0.05, 0) is 36.8 Å². The van der Waals surface area contributed by atoms with Crippen LogP contribution in [0.2, 0.25) is 0 Å². The second-order valence-corrected chi connectivity index (χ2v) is 5.05. The molecular formula is C13H16N2S. The third-order valence-electron chi connectivity index (χ3n) is 2.40. The first-order chi connectivity index (χ1) is 7.78. The van der Waals surface area contributed by atoms with Crippen LogP contribution in [0.1, 0.15) is 15.3 Å². The molecule has 0 bridgehead atoms. The van der Waals surface area contributed by atoms with E-state index in [0.717, 1.165) is 6.54 Å². The smallest absolute Gasteiger partial charge is 0.0494 e. The molecule has 0 spiro atoms. The number of aryl methyl sites for hydroxylation is 1. The summed E-state index contributed by atoms with van der Waals surface area (Å²) in [6.07, 6.45) is 0. The van der Waals surface area contributed by atoms with Crippen molar-refractivity contribution >= 4 is 17.0 Å². The number of hydrogen-bond donors (Lipinski definition) is 2. The molecule has 2 nitrogen and oxygen atoms in total. The Balaban J connectivity index is 1.96. The topological polar surface area (TPSA) is 38.0 Å². The highest BCUT2D eigenvalue weighted by molar-refractivity contribution is 7.11. The van der Waals surface area contributed by atoms with Gasteiger partial charge >= 0.3 is 0 Å². The minimum Gasteiger partial charge on any atom is -0.380 e. The van der Waals surface area contributed by atoms with E-state index in [1.165, 1.54) is 21.0 Å². The van der Waals surface area contributed by atoms with E-state index in [-0.39, 0.29) is 0 Å². The van der Waals surface area contributed by atoms with Crippen molar-refractivity contribution in [2.24, 2.45) is 5.73 Å². The second kappa shape index (κ2) is 5.14. The molecule has 1 aromatic heterocycles. The Morgan fingerprint density at radius 2 is 2.00 bits per heavy atom. The average molecular weight is 232 g/mol. The molecule has 0 atom stereocenters. The maximum Gasteiger partial charge on any atom is 0.0494 e. The van der Waals surface area contributed by atoms with Gasteiger partial charge in [0.15, 0.2) is 0 Å². The molecule has 0 saturated heterocycles. The van der Waals surface area contributed by atoms with Crippen LogP contribution in [0.5, 0.6) is 0 Å². The summed E-state index contributed by atoms with van der Waals surface area (Å²) >= 11 is 1.77. The maximum atomic E-state index is 5.58. The summed E-state index contributed by atoms with van der Waals surface area (Å²) < 4.78 is 0. The Kier molecular flexibility index (Phi) is 3.59. The molecule has 0 radical (unpaired) electrons. The highest BCUT2D eigenvalue weighted by Gasteiger charge is 1.98. The van der Waals surface area contributed by atoms with Crippen LogP contribution in [-0.4, -0.2) is 0 Å². The minimum absolute atomic E-state index is 0.634. The van der Waals surface area contributed by atoms with Gasteiger partial charge < -0.3 is 11.1 Å². The van der Waals surface area contributed by atoms with Crippen LogP contribution >= 0.6 is 11.3 Å². The zero-order valence-electron chi connectivity index (χ0n) is 9.36. The van der Waals surface area contributed by atoms with Crippen molar-refractivity contribution in [2.75, 3.05) is 5.32 Å².